The Morgan fingerprint density at radius 1 is 1.30 bits per heavy atom. The molecule has 156 valence electrons. The van der Waals surface area contributed by atoms with E-state index in [1.54, 1.807) is 0 Å². The molecule has 0 aliphatic carbocycles. The second-order valence-electron chi connectivity index (χ2n) is 8.25. The molecule has 2 aliphatic heterocycles. The van der Waals surface area contributed by atoms with Crippen molar-refractivity contribution in [3.8, 4) is 0 Å². The summed E-state index contributed by atoms with van der Waals surface area (Å²) in [6.45, 7) is 13.8. The maximum Gasteiger partial charge on any atom is 0.217 e. The number of nitrogens with zero attached hydrogens (tertiary/aromatic N) is 3. The van der Waals surface area contributed by atoms with Crippen LogP contribution in [0, 0.1) is 11.8 Å². The first-order valence-electron chi connectivity index (χ1n) is 10.6. The highest BCUT2D eigenvalue weighted by atomic mass is 16.5. The minimum Gasteiger partial charge on any atom is -0.379 e. The largest absolute Gasteiger partial charge is 0.379 e. The van der Waals surface area contributed by atoms with Gasteiger partial charge in [-0.05, 0) is 38.0 Å². The number of nitrogens with two attached hydrogens (primary N) is 1. The lowest BCUT2D eigenvalue weighted by molar-refractivity contribution is -0.119. The molecule has 2 unspecified atom stereocenters. The van der Waals surface area contributed by atoms with Crippen LogP contribution in [-0.4, -0.2) is 80.2 Å². The van der Waals surface area contributed by atoms with Crippen molar-refractivity contribution in [2.24, 2.45) is 22.6 Å². The van der Waals surface area contributed by atoms with Crippen LogP contribution in [0.25, 0.3) is 0 Å². The van der Waals surface area contributed by atoms with Crippen LogP contribution >= 0.6 is 0 Å². The van der Waals surface area contributed by atoms with Gasteiger partial charge >= 0.3 is 0 Å². The third-order valence-corrected chi connectivity index (χ3v) is 5.40. The van der Waals surface area contributed by atoms with E-state index in [1.165, 1.54) is 0 Å². The zero-order chi connectivity index (χ0) is 19.6. The monoisotopic (exact) mass is 381 g/mol. The van der Waals surface area contributed by atoms with E-state index in [0.717, 1.165) is 77.7 Å². The number of nitrogens with one attached hydrogen (secondary N) is 1. The number of piperidine rings is 1. The summed E-state index contributed by atoms with van der Waals surface area (Å²) in [6.07, 6.45) is 3.77. The Morgan fingerprint density at radius 2 is 2.04 bits per heavy atom. The van der Waals surface area contributed by atoms with E-state index in [4.69, 9.17) is 15.5 Å². The SMILES string of the molecule is CCNC(=NCC(CC(C)C)N1CCOCC1)N1CCCC(CC(N)=O)C1. The molecule has 3 N–H and O–H groups in total. The molecule has 2 saturated heterocycles. The van der Waals surface area contributed by atoms with Gasteiger partial charge in [-0.25, -0.2) is 0 Å². The maximum absolute atomic E-state index is 11.3. The quantitative estimate of drug-likeness (QED) is 0.489. The minimum absolute atomic E-state index is 0.201. The van der Waals surface area contributed by atoms with Crippen LogP contribution in [0.2, 0.25) is 0 Å². The van der Waals surface area contributed by atoms with Gasteiger partial charge in [0.25, 0.3) is 0 Å². The molecular formula is C20H39N5O2. The summed E-state index contributed by atoms with van der Waals surface area (Å²) in [6, 6.07) is 0.453. The van der Waals surface area contributed by atoms with Crippen molar-refractivity contribution in [1.82, 2.24) is 15.1 Å². The number of carbonyl (C=O) groups is 1. The Labute approximate surface area is 164 Å². The Balaban J connectivity index is 2.03. The predicted octanol–water partition coefficient (Wildman–Crippen LogP) is 1.29. The van der Waals surface area contributed by atoms with Gasteiger partial charge in [0.2, 0.25) is 5.91 Å². The van der Waals surface area contributed by atoms with Crippen molar-refractivity contribution >= 4 is 11.9 Å². The molecule has 0 aromatic carbocycles. The molecule has 2 fully saturated rings. The van der Waals surface area contributed by atoms with Crippen molar-refractivity contribution in [2.45, 2.75) is 52.5 Å². The topological polar surface area (TPSA) is 83.2 Å². The number of amides is 1. The highest BCUT2D eigenvalue weighted by Gasteiger charge is 2.25. The average Bonchev–Trinajstić information content (AvgIpc) is 2.64. The van der Waals surface area contributed by atoms with E-state index >= 15 is 0 Å². The van der Waals surface area contributed by atoms with Gasteiger partial charge in [-0.1, -0.05) is 13.8 Å². The molecule has 2 rings (SSSR count). The molecule has 1 amide bonds. The van der Waals surface area contributed by atoms with Crippen molar-refractivity contribution < 1.29 is 9.53 Å². The van der Waals surface area contributed by atoms with E-state index in [2.05, 4.69) is 35.9 Å². The number of likely N-dealkylation sites (tertiary alicyclic amines) is 1. The molecule has 2 atom stereocenters. The van der Waals surface area contributed by atoms with Crippen molar-refractivity contribution in [1.29, 1.82) is 0 Å². The molecule has 0 aromatic rings. The fourth-order valence-electron chi connectivity index (χ4n) is 4.15. The normalized spacial score (nSPS) is 23.5. The Kier molecular flexibility index (Phi) is 9.34. The molecule has 0 saturated carbocycles. The van der Waals surface area contributed by atoms with E-state index in [1.807, 2.05) is 0 Å². The average molecular weight is 382 g/mol. The Hall–Kier alpha value is -1.34. The number of aliphatic imine (C=N–C) groups is 1. The highest BCUT2D eigenvalue weighted by molar-refractivity contribution is 5.80. The summed E-state index contributed by atoms with van der Waals surface area (Å²) in [5, 5.41) is 3.45. The van der Waals surface area contributed by atoms with E-state index in [0.29, 0.717) is 24.3 Å². The third-order valence-electron chi connectivity index (χ3n) is 5.40. The third kappa shape index (κ3) is 7.66. The smallest absolute Gasteiger partial charge is 0.217 e. The van der Waals surface area contributed by atoms with Gasteiger partial charge in [0.1, 0.15) is 0 Å². The second-order valence-corrected chi connectivity index (χ2v) is 8.25. The summed E-state index contributed by atoms with van der Waals surface area (Å²) >= 11 is 0. The van der Waals surface area contributed by atoms with Crippen LogP contribution in [0.15, 0.2) is 4.99 Å². The lowest BCUT2D eigenvalue weighted by Crippen LogP contribution is -2.49. The van der Waals surface area contributed by atoms with Crippen molar-refractivity contribution in [2.75, 3.05) is 52.5 Å². The number of guanidine groups is 1. The fraction of sp³-hybridized carbons (Fsp3) is 0.900. The van der Waals surface area contributed by atoms with Gasteiger partial charge in [0, 0.05) is 45.2 Å². The molecule has 7 heteroatoms. The van der Waals surface area contributed by atoms with Crippen LogP contribution in [0.4, 0.5) is 0 Å². The molecule has 7 nitrogen and oxygen atoms in total. The molecule has 0 spiro atoms. The van der Waals surface area contributed by atoms with Gasteiger partial charge in [0.15, 0.2) is 5.96 Å². The van der Waals surface area contributed by atoms with Gasteiger partial charge in [-0.2, -0.15) is 0 Å². The van der Waals surface area contributed by atoms with Gasteiger partial charge in [-0.15, -0.1) is 0 Å². The van der Waals surface area contributed by atoms with Gasteiger partial charge in [-0.3, -0.25) is 14.7 Å². The number of hydrogen-bond acceptors (Lipinski definition) is 4. The lowest BCUT2D eigenvalue weighted by Gasteiger charge is -2.36. The zero-order valence-corrected chi connectivity index (χ0v) is 17.5. The molecule has 0 aromatic heterocycles. The standard InChI is InChI=1S/C20H39N5O2/c1-4-22-20(25-7-5-6-17(15-25)13-19(21)26)23-14-18(12-16(2)3)24-8-10-27-11-9-24/h16-18H,4-15H2,1-3H3,(H2,21,26)(H,22,23). The van der Waals surface area contributed by atoms with Crippen LogP contribution in [-0.2, 0) is 9.53 Å². The van der Waals surface area contributed by atoms with E-state index in [9.17, 15) is 4.79 Å². The van der Waals surface area contributed by atoms with Crippen molar-refractivity contribution in [3.63, 3.8) is 0 Å². The van der Waals surface area contributed by atoms with Crippen LogP contribution in [0.3, 0.4) is 0 Å². The summed E-state index contributed by atoms with van der Waals surface area (Å²) < 4.78 is 5.52. The first kappa shape index (κ1) is 22.0. The number of rotatable bonds is 8. The predicted molar refractivity (Wildman–Crippen MR) is 110 cm³/mol. The van der Waals surface area contributed by atoms with E-state index < -0.39 is 0 Å². The second kappa shape index (κ2) is 11.5. The van der Waals surface area contributed by atoms with Gasteiger partial charge in [0.05, 0.1) is 19.8 Å². The number of primary amides is 1. The summed E-state index contributed by atoms with van der Waals surface area (Å²) in [4.78, 5) is 21.2. The lowest BCUT2D eigenvalue weighted by atomic mass is 9.95. The Bertz CT molecular complexity index is 477. The van der Waals surface area contributed by atoms with Crippen LogP contribution in [0.1, 0.15) is 46.5 Å². The molecule has 2 heterocycles. The maximum atomic E-state index is 11.3. The zero-order valence-electron chi connectivity index (χ0n) is 17.5. The molecule has 27 heavy (non-hydrogen) atoms. The molecular weight excluding hydrogens is 342 g/mol. The summed E-state index contributed by atoms with van der Waals surface area (Å²) in [5.41, 5.74) is 5.41. The van der Waals surface area contributed by atoms with Gasteiger partial charge < -0.3 is 20.7 Å². The molecule has 0 radical (unpaired) electrons. The number of hydrogen-bond donors (Lipinski definition) is 2. The van der Waals surface area contributed by atoms with Crippen LogP contribution in [0.5, 0.6) is 0 Å². The van der Waals surface area contributed by atoms with Crippen molar-refractivity contribution in [3.05, 3.63) is 0 Å². The summed E-state index contributed by atoms with van der Waals surface area (Å²) in [7, 11) is 0. The number of ether oxygens (including phenoxy) is 1. The van der Waals surface area contributed by atoms with Crippen LogP contribution < -0.4 is 11.1 Å². The first-order chi connectivity index (χ1) is 13.0. The van der Waals surface area contributed by atoms with E-state index in [-0.39, 0.29) is 5.91 Å². The fourth-order valence-corrected chi connectivity index (χ4v) is 4.15. The molecule has 2 aliphatic rings. The number of morpholine rings is 1. The Morgan fingerprint density at radius 3 is 2.67 bits per heavy atom. The molecule has 0 bridgehead atoms. The minimum atomic E-state index is -0.201. The summed E-state index contributed by atoms with van der Waals surface area (Å²) in [5.74, 6) is 1.76. The number of carbonyl (C=O) groups excluding carboxylic acids is 1. The highest BCUT2D eigenvalue weighted by Crippen LogP contribution is 2.20. The first-order valence-corrected chi connectivity index (χ1v) is 10.6.